The Morgan fingerprint density at radius 2 is 1.01 bits per heavy atom. The Labute approximate surface area is 441 Å². The molecule has 0 radical (unpaired) electrons. The summed E-state index contributed by atoms with van der Waals surface area (Å²) in [4.78, 5) is 2.43. The number of benzene rings is 11. The number of rotatable bonds is 7. The molecule has 0 bridgehead atoms. The molecule has 0 aliphatic heterocycles. The first kappa shape index (κ1) is 42.8. The van der Waals surface area contributed by atoms with Gasteiger partial charge >= 0.3 is 0 Å². The maximum atomic E-state index is 6.79. The highest BCUT2D eigenvalue weighted by atomic mass is 16.3. The summed E-state index contributed by atoms with van der Waals surface area (Å²) in [6.07, 6.45) is 9.39. The molecule has 3 aliphatic carbocycles. The van der Waals surface area contributed by atoms with Crippen molar-refractivity contribution in [3.8, 4) is 50.2 Å². The molecular weight excluding hydrogens is 921 g/mol. The van der Waals surface area contributed by atoms with Gasteiger partial charge in [0.25, 0.3) is 0 Å². The molecule has 16 rings (SSSR count). The van der Waals surface area contributed by atoms with E-state index in [1.807, 2.05) is 0 Å². The minimum absolute atomic E-state index is 0.267. The molecule has 13 aromatic rings. The van der Waals surface area contributed by atoms with Crippen molar-refractivity contribution in [2.45, 2.75) is 11.3 Å². The second kappa shape index (κ2) is 16.7. The standard InChI is InChI=1S/C73H48N2O/c1-3-17-47(18-4-1)48-33-38-54(39-34-48)74(55-22-15-19-49(43-55)52-35-40-59-58-25-9-13-29-65(58)73(66(59)46-52)63-27-11-7-23-56(63)57-24-8-12-28-64(57)73)69-31-16-32-71-72(69)62-45-51(37-42-70(62)76-71)50-36-41-68-61(44-50)60-26-10-14-30-67(60)75(68)53-20-5-2-6-21-53/h1-46,56,63H. The lowest BCUT2D eigenvalue weighted by molar-refractivity contribution is 0.465. The van der Waals surface area contributed by atoms with E-state index in [0.717, 1.165) is 61.4 Å². The molecule has 0 amide bonds. The molecule has 3 atom stereocenters. The molecule has 0 saturated heterocycles. The molecule has 3 aliphatic rings. The predicted molar refractivity (Wildman–Crippen MR) is 315 cm³/mol. The van der Waals surface area contributed by atoms with Crippen LogP contribution in [0.25, 0.3) is 93.9 Å². The van der Waals surface area contributed by atoms with Crippen molar-refractivity contribution in [2.24, 2.45) is 5.92 Å². The van der Waals surface area contributed by atoms with Gasteiger partial charge in [-0.3, -0.25) is 0 Å². The molecule has 3 heteroatoms. The quantitative estimate of drug-likeness (QED) is 0.159. The van der Waals surface area contributed by atoms with Gasteiger partial charge in [-0.05, 0) is 152 Å². The summed E-state index contributed by atoms with van der Waals surface area (Å²) in [6, 6.07) is 93.8. The Hall–Kier alpha value is -9.70. The van der Waals surface area contributed by atoms with Crippen molar-refractivity contribution >= 4 is 60.8 Å². The number of aromatic nitrogens is 1. The highest BCUT2D eigenvalue weighted by Gasteiger charge is 2.57. The molecule has 0 fully saturated rings. The van der Waals surface area contributed by atoms with Gasteiger partial charge in [0, 0.05) is 45.1 Å². The van der Waals surface area contributed by atoms with Crippen molar-refractivity contribution in [1.82, 2.24) is 4.57 Å². The zero-order valence-electron chi connectivity index (χ0n) is 41.5. The van der Waals surface area contributed by atoms with Crippen molar-refractivity contribution in [3.63, 3.8) is 0 Å². The van der Waals surface area contributed by atoms with Gasteiger partial charge in [-0.25, -0.2) is 0 Å². The van der Waals surface area contributed by atoms with E-state index < -0.39 is 0 Å². The van der Waals surface area contributed by atoms with Gasteiger partial charge in [-0.2, -0.15) is 0 Å². The van der Waals surface area contributed by atoms with Gasteiger partial charge in [-0.1, -0.05) is 194 Å². The van der Waals surface area contributed by atoms with Crippen LogP contribution >= 0.6 is 0 Å². The van der Waals surface area contributed by atoms with Crippen LogP contribution in [0, 0.1) is 5.92 Å². The number of furan rings is 1. The van der Waals surface area contributed by atoms with Gasteiger partial charge in [0.15, 0.2) is 0 Å². The lowest BCUT2D eigenvalue weighted by Gasteiger charge is -2.36. The minimum Gasteiger partial charge on any atom is -0.456 e. The predicted octanol–water partition coefficient (Wildman–Crippen LogP) is 19.3. The van der Waals surface area contributed by atoms with Crippen molar-refractivity contribution < 1.29 is 4.42 Å². The Kier molecular flexibility index (Phi) is 9.38. The summed E-state index contributed by atoms with van der Waals surface area (Å²) in [6.45, 7) is 0. The zero-order chi connectivity index (χ0) is 49.9. The average molecular weight is 969 g/mol. The zero-order valence-corrected chi connectivity index (χ0v) is 41.5. The third kappa shape index (κ3) is 6.23. The van der Waals surface area contributed by atoms with Gasteiger partial charge in [0.05, 0.1) is 27.5 Å². The van der Waals surface area contributed by atoms with Crippen LogP contribution in [0.2, 0.25) is 0 Å². The first-order valence-electron chi connectivity index (χ1n) is 26.5. The molecule has 76 heavy (non-hydrogen) atoms. The third-order valence-corrected chi connectivity index (χ3v) is 16.9. The average Bonchev–Trinajstić information content (AvgIpc) is 4.41. The summed E-state index contributed by atoms with van der Waals surface area (Å²) in [5.74, 6) is 0.576. The van der Waals surface area contributed by atoms with Gasteiger partial charge in [0.1, 0.15) is 11.2 Å². The monoisotopic (exact) mass is 968 g/mol. The molecule has 0 N–H and O–H groups in total. The van der Waals surface area contributed by atoms with E-state index in [-0.39, 0.29) is 11.3 Å². The minimum atomic E-state index is -0.307. The first-order valence-corrected chi connectivity index (χ1v) is 26.5. The number of allylic oxidation sites excluding steroid dienone is 4. The van der Waals surface area contributed by atoms with E-state index in [4.69, 9.17) is 4.42 Å². The van der Waals surface area contributed by atoms with Crippen LogP contribution in [0.4, 0.5) is 17.1 Å². The van der Waals surface area contributed by atoms with Gasteiger partial charge in [-0.15, -0.1) is 0 Å². The number of anilines is 3. The van der Waals surface area contributed by atoms with Crippen LogP contribution in [0.15, 0.2) is 284 Å². The van der Waals surface area contributed by atoms with Crippen LogP contribution in [0.5, 0.6) is 0 Å². The van der Waals surface area contributed by atoms with Crippen LogP contribution in [0.3, 0.4) is 0 Å². The molecule has 2 aromatic heterocycles. The topological polar surface area (TPSA) is 21.3 Å². The highest BCUT2D eigenvalue weighted by Crippen LogP contribution is 2.65. The summed E-state index contributed by atoms with van der Waals surface area (Å²) in [5, 5.41) is 4.60. The number of nitrogens with zero attached hydrogens (tertiary/aromatic N) is 2. The fraction of sp³-hybridized carbons (Fsp3) is 0.0411. The summed E-state index contributed by atoms with van der Waals surface area (Å²) < 4.78 is 9.17. The fourth-order valence-corrected chi connectivity index (χ4v) is 13.7. The summed E-state index contributed by atoms with van der Waals surface area (Å²) in [7, 11) is 0. The van der Waals surface area contributed by atoms with E-state index in [0.29, 0.717) is 5.92 Å². The normalized spacial score (nSPS) is 16.9. The second-order valence-electron chi connectivity index (χ2n) is 20.7. The smallest absolute Gasteiger partial charge is 0.137 e. The maximum Gasteiger partial charge on any atom is 0.137 e. The Bertz CT molecular complexity index is 4540. The molecule has 3 unspecified atom stereocenters. The van der Waals surface area contributed by atoms with Gasteiger partial charge < -0.3 is 13.9 Å². The molecule has 2 heterocycles. The number of hydrogen-bond donors (Lipinski definition) is 0. The van der Waals surface area contributed by atoms with Crippen LogP contribution in [0.1, 0.15) is 28.2 Å². The number of para-hydroxylation sites is 2. The summed E-state index contributed by atoms with van der Waals surface area (Å²) >= 11 is 0. The Morgan fingerprint density at radius 3 is 1.89 bits per heavy atom. The largest absolute Gasteiger partial charge is 0.456 e. The number of hydrogen-bond acceptors (Lipinski definition) is 2. The van der Waals surface area contributed by atoms with E-state index in [2.05, 4.69) is 289 Å². The van der Waals surface area contributed by atoms with Crippen molar-refractivity contribution in [1.29, 1.82) is 0 Å². The molecular formula is C73H48N2O. The lowest BCUT2D eigenvalue weighted by atomic mass is 9.65. The van der Waals surface area contributed by atoms with E-state index in [1.165, 1.54) is 71.9 Å². The highest BCUT2D eigenvalue weighted by molar-refractivity contribution is 6.15. The summed E-state index contributed by atoms with van der Waals surface area (Å²) in [5.41, 5.74) is 23.4. The van der Waals surface area contributed by atoms with E-state index in [9.17, 15) is 0 Å². The molecule has 11 aromatic carbocycles. The second-order valence-corrected chi connectivity index (χ2v) is 20.7. The number of fused-ring (bicyclic) bond motifs is 16. The fourth-order valence-electron chi connectivity index (χ4n) is 13.7. The van der Waals surface area contributed by atoms with Crippen LogP contribution in [-0.2, 0) is 5.41 Å². The lowest BCUT2D eigenvalue weighted by Crippen LogP contribution is -2.32. The molecule has 0 saturated carbocycles. The molecule has 356 valence electrons. The van der Waals surface area contributed by atoms with Crippen LogP contribution in [-0.4, -0.2) is 4.57 Å². The first-order chi connectivity index (χ1) is 37.7. The molecule has 1 spiro atoms. The Balaban J connectivity index is 0.860. The SMILES string of the molecule is C1=CC2c3ccccc3C3(c4ccccc4-c4ccc(-c5cccc(N(c6ccc(-c7ccccc7)cc6)c6cccc7oc8ccc(-c9ccc%10c(c9)c9ccccc9n%10-c9ccccc9)cc8c67)c5)cc43)C2C=C1. The van der Waals surface area contributed by atoms with Gasteiger partial charge in [0.2, 0.25) is 0 Å². The maximum absolute atomic E-state index is 6.79. The third-order valence-electron chi connectivity index (χ3n) is 16.9. The Morgan fingerprint density at radius 1 is 0.382 bits per heavy atom. The van der Waals surface area contributed by atoms with Crippen molar-refractivity contribution in [3.05, 3.63) is 301 Å². The van der Waals surface area contributed by atoms with Crippen molar-refractivity contribution in [2.75, 3.05) is 4.90 Å². The van der Waals surface area contributed by atoms with E-state index >= 15 is 0 Å². The van der Waals surface area contributed by atoms with E-state index in [1.54, 1.807) is 0 Å². The van der Waals surface area contributed by atoms with Crippen LogP contribution < -0.4 is 4.90 Å². The molecule has 3 nitrogen and oxygen atoms in total.